The average Bonchev–Trinajstić information content (AvgIpc) is 3.82. The van der Waals surface area contributed by atoms with Crippen LogP contribution in [0.3, 0.4) is 0 Å². The number of aromatic nitrogens is 3. The molecule has 0 radical (unpaired) electrons. The largest absolute Gasteiger partial charge is 0.481 e. The van der Waals surface area contributed by atoms with Gasteiger partial charge in [0.1, 0.15) is 18.1 Å². The maximum atomic E-state index is 14.5. The third-order valence-corrected chi connectivity index (χ3v) is 13.1. The number of amides is 4. The molecule has 6 bridgehead atoms. The van der Waals surface area contributed by atoms with Crippen LogP contribution in [-0.2, 0) is 48.0 Å². The van der Waals surface area contributed by atoms with Crippen molar-refractivity contribution >= 4 is 52.0 Å². The number of carboxylic acid groups (broad SMARTS) is 1. The van der Waals surface area contributed by atoms with Crippen LogP contribution in [0.15, 0.2) is 41.9 Å². The summed E-state index contributed by atoms with van der Waals surface area (Å²) in [6, 6.07) is 7.00. The lowest BCUT2D eigenvalue weighted by atomic mass is 9.84. The quantitative estimate of drug-likeness (QED) is 0.185. The van der Waals surface area contributed by atoms with Crippen LogP contribution in [0, 0.1) is 17.3 Å². The molecule has 4 amide bonds. The number of aliphatic carboxylic acids is 1. The van der Waals surface area contributed by atoms with Gasteiger partial charge in [0.05, 0.1) is 40.7 Å². The monoisotopic (exact) mass is 870 g/mol. The Bertz CT molecular complexity index is 2350. The van der Waals surface area contributed by atoms with E-state index in [9.17, 15) is 29.1 Å². The van der Waals surface area contributed by atoms with E-state index in [1.807, 2.05) is 38.3 Å². The van der Waals surface area contributed by atoms with Gasteiger partial charge in [-0.3, -0.25) is 29.2 Å². The van der Waals surface area contributed by atoms with Gasteiger partial charge in [-0.2, -0.15) is 0 Å². The van der Waals surface area contributed by atoms with Gasteiger partial charge >= 0.3 is 18.0 Å². The van der Waals surface area contributed by atoms with Crippen molar-refractivity contribution in [2.75, 3.05) is 40.4 Å². The van der Waals surface area contributed by atoms with Crippen LogP contribution in [0.4, 0.5) is 4.79 Å². The second-order valence-corrected chi connectivity index (χ2v) is 18.7. The van der Waals surface area contributed by atoms with Crippen LogP contribution in [-0.4, -0.2) is 123 Å². The number of hydrogen-bond acceptors (Lipinski definition) is 11. The van der Waals surface area contributed by atoms with E-state index in [4.69, 9.17) is 19.4 Å². The molecule has 7 rings (SSSR count). The Morgan fingerprint density at radius 2 is 1.92 bits per heavy atom. The highest BCUT2D eigenvalue weighted by atomic mass is 32.1. The predicted octanol–water partition coefficient (Wildman–Crippen LogP) is 5.30. The number of pyridine rings is 1. The van der Waals surface area contributed by atoms with Gasteiger partial charge in [-0.05, 0) is 68.9 Å². The molecule has 3 aliphatic heterocycles. The van der Waals surface area contributed by atoms with Crippen molar-refractivity contribution in [3.05, 3.63) is 58.2 Å². The Morgan fingerprint density at radius 1 is 1.16 bits per heavy atom. The Labute approximate surface area is 365 Å². The molecule has 0 spiro atoms. The van der Waals surface area contributed by atoms with E-state index >= 15 is 0 Å². The highest BCUT2D eigenvalue weighted by Crippen LogP contribution is 2.42. The normalized spacial score (nSPS) is 20.6. The van der Waals surface area contributed by atoms with E-state index in [1.54, 1.807) is 13.3 Å². The molecule has 3 N–H and O–H groups in total. The molecule has 3 aliphatic rings. The Hall–Kier alpha value is -5.39. The molecule has 6 heterocycles. The highest BCUT2D eigenvalue weighted by Gasteiger charge is 2.42. The first-order valence-corrected chi connectivity index (χ1v) is 22.3. The van der Waals surface area contributed by atoms with Crippen LogP contribution in [0.1, 0.15) is 76.8 Å². The lowest BCUT2D eigenvalue weighted by molar-refractivity contribution is -0.155. The molecule has 4 aromatic rings. The van der Waals surface area contributed by atoms with Gasteiger partial charge in [-0.15, -0.1) is 11.3 Å². The van der Waals surface area contributed by atoms with Crippen molar-refractivity contribution in [1.29, 1.82) is 0 Å². The van der Waals surface area contributed by atoms with Gasteiger partial charge < -0.3 is 34.3 Å². The molecule has 17 heteroatoms. The van der Waals surface area contributed by atoms with E-state index in [0.717, 1.165) is 44.7 Å². The Kier molecular flexibility index (Phi) is 13.1. The number of rotatable bonds is 9. The molecule has 62 heavy (non-hydrogen) atoms. The molecule has 2 fully saturated rings. The summed E-state index contributed by atoms with van der Waals surface area (Å²) in [4.78, 5) is 79.9. The molecule has 2 saturated heterocycles. The number of benzene rings is 1. The molecule has 332 valence electrons. The van der Waals surface area contributed by atoms with Gasteiger partial charge in [0, 0.05) is 85.8 Å². The third-order valence-electron chi connectivity index (χ3n) is 12.3. The molecule has 0 saturated carbocycles. The summed E-state index contributed by atoms with van der Waals surface area (Å²) in [7, 11) is 3.19. The standard InChI is InChI=1S/C45H58N8O8S/c1-9-52-35-15-14-27-18-30(35)31(39(52)29-12-10-16-46-37(29)26(4)60-8)20-45(5,6)24-61-43(58)32-13-11-17-53(49-32)41(55)33(19-36-47-34(27)23-62-36)48-40(54)38(25(2)3)50(7)44(59)51-21-28(22-51)42(56)57/h10,12,14-16,18,23,25-26,28,32-33,38,49H,9,11,13,17,19-22,24H2,1-8H3,(H,48,54)(H,56,57)/t26-,32-,33-,38-/m0/s1. The van der Waals surface area contributed by atoms with Gasteiger partial charge in [-0.1, -0.05) is 33.8 Å². The third kappa shape index (κ3) is 8.93. The maximum Gasteiger partial charge on any atom is 0.324 e. The van der Waals surface area contributed by atoms with Crippen molar-refractivity contribution in [2.45, 2.75) is 98.0 Å². The van der Waals surface area contributed by atoms with Crippen LogP contribution < -0.4 is 10.7 Å². The van der Waals surface area contributed by atoms with Crippen LogP contribution in [0.2, 0.25) is 0 Å². The number of esters is 1. The molecule has 4 atom stereocenters. The first-order chi connectivity index (χ1) is 29.5. The zero-order chi connectivity index (χ0) is 44.6. The fourth-order valence-electron chi connectivity index (χ4n) is 8.88. The van der Waals surface area contributed by atoms with Crippen molar-refractivity contribution in [3.63, 3.8) is 0 Å². The zero-order valence-corrected chi connectivity index (χ0v) is 37.6. The van der Waals surface area contributed by atoms with E-state index in [-0.39, 0.29) is 38.1 Å². The van der Waals surface area contributed by atoms with Crippen molar-refractivity contribution in [2.24, 2.45) is 17.3 Å². The number of aryl methyl sites for hydroxylation is 1. The lowest BCUT2D eigenvalue weighted by Crippen LogP contribution is -2.63. The number of carbonyl (C=O) groups is 5. The number of likely N-dealkylation sites (tertiary alicyclic amines) is 1. The van der Waals surface area contributed by atoms with Crippen molar-refractivity contribution < 1.29 is 38.6 Å². The highest BCUT2D eigenvalue weighted by molar-refractivity contribution is 7.10. The van der Waals surface area contributed by atoms with E-state index in [2.05, 4.69) is 54.3 Å². The first kappa shape index (κ1) is 44.7. The second-order valence-electron chi connectivity index (χ2n) is 17.8. The van der Waals surface area contributed by atoms with Crippen molar-refractivity contribution in [1.82, 2.24) is 40.1 Å². The molecule has 3 aromatic heterocycles. The number of carbonyl (C=O) groups excluding carboxylic acids is 4. The Balaban J connectivity index is 1.28. The minimum absolute atomic E-state index is 0.0525. The number of carboxylic acids is 1. The SMILES string of the molecule is CCn1c(-c2cccnc2[C@H](C)OC)c2c3cc(ccc31)-c1csc(n1)C[C@H](NC(=O)[C@H](C(C)C)N(C)C(=O)N1CC(C(=O)O)C1)C(=O)N1CCC[C@H](N1)C(=O)OCC(C)(C)C2. The Morgan fingerprint density at radius 3 is 2.61 bits per heavy atom. The predicted molar refractivity (Wildman–Crippen MR) is 234 cm³/mol. The number of ether oxygens (including phenoxy) is 2. The molecular formula is C45H58N8O8S. The summed E-state index contributed by atoms with van der Waals surface area (Å²) in [6.07, 6.45) is 3.12. The number of likely N-dealkylation sites (N-methyl/N-ethyl adjacent to an activating group) is 1. The smallest absolute Gasteiger partial charge is 0.324 e. The number of urea groups is 1. The number of cyclic esters (lactones) is 1. The molecule has 0 unspecified atom stereocenters. The summed E-state index contributed by atoms with van der Waals surface area (Å²) in [5.41, 5.74) is 9.15. The topological polar surface area (TPSA) is 189 Å². The average molecular weight is 871 g/mol. The summed E-state index contributed by atoms with van der Waals surface area (Å²) in [5, 5.41) is 17.3. The first-order valence-electron chi connectivity index (χ1n) is 21.4. The summed E-state index contributed by atoms with van der Waals surface area (Å²) >= 11 is 1.38. The number of nitrogens with zero attached hydrogens (tertiary/aromatic N) is 6. The van der Waals surface area contributed by atoms with E-state index in [1.165, 1.54) is 33.2 Å². The minimum atomic E-state index is -1.11. The second kappa shape index (κ2) is 18.1. The summed E-state index contributed by atoms with van der Waals surface area (Å²) in [6.45, 7) is 13.1. The fraction of sp³-hybridized carbons (Fsp3) is 0.533. The minimum Gasteiger partial charge on any atom is -0.481 e. The van der Waals surface area contributed by atoms with Crippen molar-refractivity contribution in [3.8, 4) is 22.5 Å². The number of thiazole rings is 1. The zero-order valence-electron chi connectivity index (χ0n) is 36.8. The van der Waals surface area contributed by atoms with Crippen LogP contribution >= 0.6 is 11.3 Å². The summed E-state index contributed by atoms with van der Waals surface area (Å²) in [5.74, 6) is -3.44. The number of hydrazine groups is 1. The molecule has 16 nitrogen and oxygen atoms in total. The van der Waals surface area contributed by atoms with Gasteiger partial charge in [-0.25, -0.2) is 15.2 Å². The van der Waals surface area contributed by atoms with Crippen LogP contribution in [0.25, 0.3) is 33.4 Å². The van der Waals surface area contributed by atoms with E-state index < -0.39 is 59.2 Å². The van der Waals surface area contributed by atoms with Gasteiger partial charge in [0.2, 0.25) is 5.91 Å². The van der Waals surface area contributed by atoms with Gasteiger partial charge in [0.25, 0.3) is 5.91 Å². The molecular weight excluding hydrogens is 813 g/mol. The molecule has 1 aromatic carbocycles. The van der Waals surface area contributed by atoms with E-state index in [0.29, 0.717) is 37.4 Å². The maximum absolute atomic E-state index is 14.5. The fourth-order valence-corrected chi connectivity index (χ4v) is 9.73. The lowest BCUT2D eigenvalue weighted by Gasteiger charge is -2.41. The van der Waals surface area contributed by atoms with Crippen LogP contribution in [0.5, 0.6) is 0 Å². The number of methoxy groups -OCH3 is 1. The van der Waals surface area contributed by atoms with Gasteiger partial charge in [0.15, 0.2) is 0 Å². The number of fused-ring (bicyclic) bond motifs is 6. The summed E-state index contributed by atoms with van der Waals surface area (Å²) < 4.78 is 14.2. The number of nitrogens with one attached hydrogen (secondary N) is 2. The number of hydrogen-bond donors (Lipinski definition) is 3. The molecule has 0 aliphatic carbocycles.